The van der Waals surface area contributed by atoms with Gasteiger partial charge < -0.3 is 5.32 Å². The lowest BCUT2D eigenvalue weighted by Crippen LogP contribution is -2.48. The van der Waals surface area contributed by atoms with Crippen LogP contribution in [0.5, 0.6) is 0 Å². The summed E-state index contributed by atoms with van der Waals surface area (Å²) >= 11 is 0. The van der Waals surface area contributed by atoms with Gasteiger partial charge in [0.15, 0.2) is 5.25 Å². The van der Waals surface area contributed by atoms with Gasteiger partial charge in [-0.25, -0.2) is 13.1 Å². The molecule has 1 aliphatic rings. The summed E-state index contributed by atoms with van der Waals surface area (Å²) in [6.45, 7) is 4.55. The summed E-state index contributed by atoms with van der Waals surface area (Å²) in [5.74, 6) is 0. The Labute approximate surface area is 97.3 Å². The molecular weight excluding hydrogens is 226 g/mol. The molecule has 1 saturated heterocycles. The predicted octanol–water partition coefficient (Wildman–Crippen LogP) is 0.348. The van der Waals surface area contributed by atoms with Gasteiger partial charge in [-0.3, -0.25) is 0 Å². The van der Waals surface area contributed by atoms with E-state index in [1.807, 2.05) is 13.0 Å². The number of nitrogens with one attached hydrogen (secondary N) is 2. The highest BCUT2D eigenvalue weighted by atomic mass is 32.2. The predicted molar refractivity (Wildman–Crippen MR) is 62.2 cm³/mol. The number of hydrogen-bond acceptors (Lipinski definition) is 4. The quantitative estimate of drug-likeness (QED) is 0.748. The van der Waals surface area contributed by atoms with E-state index < -0.39 is 15.3 Å². The third kappa shape index (κ3) is 3.44. The molecule has 5 nitrogen and oxygen atoms in total. The van der Waals surface area contributed by atoms with Crippen LogP contribution in [0.25, 0.3) is 0 Å². The van der Waals surface area contributed by atoms with E-state index in [4.69, 9.17) is 5.26 Å². The fourth-order valence-electron chi connectivity index (χ4n) is 1.93. The molecule has 0 aromatic carbocycles. The van der Waals surface area contributed by atoms with Gasteiger partial charge in [-0.05, 0) is 32.7 Å². The van der Waals surface area contributed by atoms with Gasteiger partial charge in [-0.15, -0.1) is 0 Å². The van der Waals surface area contributed by atoms with Gasteiger partial charge in [0.1, 0.15) is 0 Å². The van der Waals surface area contributed by atoms with E-state index in [0.29, 0.717) is 12.5 Å². The third-order valence-corrected chi connectivity index (χ3v) is 4.69. The Hall–Kier alpha value is -0.640. The van der Waals surface area contributed by atoms with Gasteiger partial charge in [0, 0.05) is 12.1 Å². The molecule has 1 rings (SSSR count). The molecule has 1 heterocycles. The fourth-order valence-corrected chi connectivity index (χ4v) is 3.35. The van der Waals surface area contributed by atoms with Gasteiger partial charge >= 0.3 is 0 Å². The van der Waals surface area contributed by atoms with Gasteiger partial charge in [0.05, 0.1) is 6.07 Å². The molecule has 3 atom stereocenters. The van der Waals surface area contributed by atoms with Crippen molar-refractivity contribution in [2.75, 3.05) is 6.54 Å². The van der Waals surface area contributed by atoms with Crippen molar-refractivity contribution < 1.29 is 8.42 Å². The first-order valence-corrected chi connectivity index (χ1v) is 7.18. The third-order valence-electron chi connectivity index (χ3n) is 2.84. The Kier molecular flexibility index (Phi) is 4.71. The van der Waals surface area contributed by atoms with Crippen molar-refractivity contribution in [3.8, 4) is 6.07 Å². The summed E-state index contributed by atoms with van der Waals surface area (Å²) in [5, 5.41) is 11.1. The van der Waals surface area contributed by atoms with Crippen molar-refractivity contribution in [2.45, 2.75) is 50.4 Å². The monoisotopic (exact) mass is 245 g/mol. The minimum atomic E-state index is -3.48. The molecule has 0 spiro atoms. The Morgan fingerprint density at radius 1 is 1.62 bits per heavy atom. The summed E-state index contributed by atoms with van der Waals surface area (Å²) in [6.07, 6.45) is 1.89. The molecular formula is C10H19N3O2S. The molecule has 1 fully saturated rings. The highest BCUT2D eigenvalue weighted by Crippen LogP contribution is 2.12. The molecule has 3 unspecified atom stereocenters. The minimum absolute atomic E-state index is 0.0383. The smallest absolute Gasteiger partial charge is 0.228 e. The molecule has 0 aromatic heterocycles. The van der Waals surface area contributed by atoms with E-state index in [2.05, 4.69) is 10.0 Å². The maximum absolute atomic E-state index is 11.8. The van der Waals surface area contributed by atoms with Crippen molar-refractivity contribution in [2.24, 2.45) is 0 Å². The fraction of sp³-hybridized carbons (Fsp3) is 0.900. The molecule has 92 valence electrons. The Morgan fingerprint density at radius 3 is 2.81 bits per heavy atom. The van der Waals surface area contributed by atoms with Crippen LogP contribution in [-0.2, 0) is 10.0 Å². The summed E-state index contributed by atoms with van der Waals surface area (Å²) in [7, 11) is -3.48. The molecule has 0 bridgehead atoms. The van der Waals surface area contributed by atoms with Crippen molar-refractivity contribution >= 4 is 10.0 Å². The normalized spacial score (nSPS) is 28.3. The van der Waals surface area contributed by atoms with Crippen LogP contribution in [0.15, 0.2) is 0 Å². The zero-order valence-electron chi connectivity index (χ0n) is 9.73. The first kappa shape index (κ1) is 13.4. The topological polar surface area (TPSA) is 82.0 Å². The molecule has 2 N–H and O–H groups in total. The summed E-state index contributed by atoms with van der Waals surface area (Å²) in [4.78, 5) is 0. The van der Waals surface area contributed by atoms with E-state index >= 15 is 0 Å². The van der Waals surface area contributed by atoms with E-state index in [-0.39, 0.29) is 6.04 Å². The number of piperidine rings is 1. The van der Waals surface area contributed by atoms with Crippen molar-refractivity contribution in [1.82, 2.24) is 10.0 Å². The Morgan fingerprint density at radius 2 is 2.31 bits per heavy atom. The van der Waals surface area contributed by atoms with Crippen LogP contribution < -0.4 is 10.0 Å². The van der Waals surface area contributed by atoms with Crippen LogP contribution in [-0.4, -0.2) is 32.3 Å². The standard InChI is InChI=1S/C10H19N3O2S/c1-3-10(7-11)16(14,15)13-9-4-5-12-8(2)6-9/h8-10,12-13H,3-6H2,1-2H3. The number of rotatable bonds is 4. The van der Waals surface area contributed by atoms with Gasteiger partial charge in [-0.1, -0.05) is 6.92 Å². The van der Waals surface area contributed by atoms with Crippen LogP contribution in [0.1, 0.15) is 33.1 Å². The average Bonchev–Trinajstić information content (AvgIpc) is 2.18. The number of sulfonamides is 1. The molecule has 0 saturated carbocycles. The number of hydrogen-bond donors (Lipinski definition) is 2. The second-order valence-electron chi connectivity index (χ2n) is 4.27. The van der Waals surface area contributed by atoms with E-state index in [9.17, 15) is 8.42 Å². The van der Waals surface area contributed by atoms with Crippen LogP contribution in [0, 0.1) is 11.3 Å². The lowest BCUT2D eigenvalue weighted by atomic mass is 10.0. The Bertz CT molecular complexity index is 361. The average molecular weight is 245 g/mol. The summed E-state index contributed by atoms with van der Waals surface area (Å²) < 4.78 is 26.3. The lowest BCUT2D eigenvalue weighted by Gasteiger charge is -2.28. The lowest BCUT2D eigenvalue weighted by molar-refractivity contribution is 0.361. The summed E-state index contributed by atoms with van der Waals surface area (Å²) in [5.41, 5.74) is 0. The van der Waals surface area contributed by atoms with Crippen LogP contribution in [0.3, 0.4) is 0 Å². The first-order valence-electron chi connectivity index (χ1n) is 5.63. The van der Waals surface area contributed by atoms with E-state index in [1.54, 1.807) is 6.92 Å². The maximum Gasteiger partial charge on any atom is 0.228 e. The maximum atomic E-state index is 11.8. The van der Waals surface area contributed by atoms with Crippen molar-refractivity contribution in [3.63, 3.8) is 0 Å². The number of nitriles is 1. The summed E-state index contributed by atoms with van der Waals surface area (Å²) in [6, 6.07) is 2.11. The molecule has 1 aliphatic heterocycles. The highest BCUT2D eigenvalue weighted by molar-refractivity contribution is 7.90. The van der Waals surface area contributed by atoms with Crippen LogP contribution >= 0.6 is 0 Å². The molecule has 0 radical (unpaired) electrons. The van der Waals surface area contributed by atoms with E-state index in [0.717, 1.165) is 19.4 Å². The molecule has 0 aliphatic carbocycles. The van der Waals surface area contributed by atoms with Crippen molar-refractivity contribution in [3.05, 3.63) is 0 Å². The molecule has 0 aromatic rings. The second-order valence-corrected chi connectivity index (χ2v) is 6.16. The van der Waals surface area contributed by atoms with Gasteiger partial charge in [-0.2, -0.15) is 5.26 Å². The molecule has 6 heteroatoms. The SMILES string of the molecule is CCC(C#N)S(=O)(=O)NC1CCNC(C)C1. The van der Waals surface area contributed by atoms with Crippen LogP contribution in [0.4, 0.5) is 0 Å². The zero-order valence-corrected chi connectivity index (χ0v) is 10.5. The molecule has 0 amide bonds. The van der Waals surface area contributed by atoms with E-state index in [1.165, 1.54) is 0 Å². The largest absolute Gasteiger partial charge is 0.314 e. The Balaban J connectivity index is 2.62. The first-order chi connectivity index (χ1) is 7.49. The molecule has 16 heavy (non-hydrogen) atoms. The van der Waals surface area contributed by atoms with Crippen molar-refractivity contribution in [1.29, 1.82) is 5.26 Å². The highest BCUT2D eigenvalue weighted by Gasteiger charge is 2.28. The zero-order chi connectivity index (χ0) is 12.2. The van der Waals surface area contributed by atoms with Gasteiger partial charge in [0.25, 0.3) is 0 Å². The number of nitrogens with zero attached hydrogens (tertiary/aromatic N) is 1. The van der Waals surface area contributed by atoms with Crippen LogP contribution in [0.2, 0.25) is 0 Å². The second kappa shape index (κ2) is 5.62. The van der Waals surface area contributed by atoms with Gasteiger partial charge in [0.2, 0.25) is 10.0 Å². The minimum Gasteiger partial charge on any atom is -0.314 e.